The van der Waals surface area contributed by atoms with E-state index in [9.17, 15) is 0 Å². The van der Waals surface area contributed by atoms with Crippen molar-refractivity contribution in [1.29, 1.82) is 0 Å². The van der Waals surface area contributed by atoms with Crippen molar-refractivity contribution in [2.24, 2.45) is 0 Å². The minimum Gasteiger partial charge on any atom is -0.378 e. The Morgan fingerprint density at radius 2 is 2.21 bits per heavy atom. The maximum absolute atomic E-state index is 3.96. The number of benzene rings is 1. The summed E-state index contributed by atoms with van der Waals surface area (Å²) >= 11 is 0. The van der Waals surface area contributed by atoms with Crippen LogP contribution in [0, 0.1) is 0 Å². The number of rotatable bonds is 5. The number of anilines is 1. The number of hydrogen-bond acceptors (Lipinski definition) is 3. The van der Waals surface area contributed by atoms with Gasteiger partial charge in [0.15, 0.2) is 0 Å². The topological polar surface area (TPSA) is 44.0 Å². The van der Waals surface area contributed by atoms with Gasteiger partial charge in [0.25, 0.3) is 0 Å². The van der Waals surface area contributed by atoms with Crippen molar-refractivity contribution in [3.63, 3.8) is 0 Å². The normalized spacial score (nSPS) is 19.7. The van der Waals surface area contributed by atoms with Crippen molar-refractivity contribution in [2.45, 2.75) is 18.9 Å². The molecule has 1 aliphatic rings. The number of nitrogens with zero attached hydrogens (tertiary/aromatic N) is 2. The monoisotopic (exact) mass is 256 g/mol. The highest BCUT2D eigenvalue weighted by Crippen LogP contribution is 2.15. The Labute approximate surface area is 113 Å². The zero-order valence-corrected chi connectivity index (χ0v) is 11.0. The first kappa shape index (κ1) is 12.2. The van der Waals surface area contributed by atoms with Crippen LogP contribution in [0.25, 0.3) is 0 Å². The minimum atomic E-state index is 0.549. The molecule has 4 nitrogen and oxygen atoms in total. The molecule has 1 fully saturated rings. The first-order valence-electron chi connectivity index (χ1n) is 6.92. The second-order valence-electron chi connectivity index (χ2n) is 5.15. The quantitative estimate of drug-likeness (QED) is 0.861. The maximum atomic E-state index is 3.96. The number of H-pyrrole nitrogens is 1. The van der Waals surface area contributed by atoms with E-state index in [4.69, 9.17) is 0 Å². The van der Waals surface area contributed by atoms with E-state index in [1.165, 1.54) is 18.5 Å². The van der Waals surface area contributed by atoms with Gasteiger partial charge in [-0.15, -0.1) is 0 Å². The summed E-state index contributed by atoms with van der Waals surface area (Å²) < 4.78 is 0. The van der Waals surface area contributed by atoms with Crippen LogP contribution in [0.5, 0.6) is 0 Å². The van der Waals surface area contributed by atoms with Crippen molar-refractivity contribution in [3.05, 3.63) is 48.3 Å². The highest BCUT2D eigenvalue weighted by Gasteiger charge is 2.21. The Morgan fingerprint density at radius 3 is 3.00 bits per heavy atom. The Hall–Kier alpha value is -1.81. The van der Waals surface area contributed by atoms with Gasteiger partial charge in [-0.05, 0) is 18.4 Å². The van der Waals surface area contributed by atoms with Crippen LogP contribution in [-0.4, -0.2) is 40.8 Å². The molecule has 0 saturated carbocycles. The molecule has 100 valence electrons. The molecule has 4 heteroatoms. The smallest absolute Gasteiger partial charge is 0.0726 e. The number of aromatic nitrogens is 2. The van der Waals surface area contributed by atoms with Crippen LogP contribution in [-0.2, 0) is 6.42 Å². The lowest BCUT2D eigenvalue weighted by Gasteiger charge is -2.16. The van der Waals surface area contributed by atoms with E-state index in [0.29, 0.717) is 6.04 Å². The number of likely N-dealkylation sites (tertiary alicyclic amines) is 1. The highest BCUT2D eigenvalue weighted by molar-refractivity contribution is 5.39. The van der Waals surface area contributed by atoms with Crippen LogP contribution < -0.4 is 5.32 Å². The molecule has 0 bridgehead atoms. The summed E-state index contributed by atoms with van der Waals surface area (Å²) in [4.78, 5) is 2.53. The Bertz CT molecular complexity index is 480. The molecule has 1 unspecified atom stereocenters. The van der Waals surface area contributed by atoms with Crippen LogP contribution in [0.4, 0.5) is 5.69 Å². The zero-order chi connectivity index (χ0) is 12.9. The van der Waals surface area contributed by atoms with Crippen LogP contribution in [0.3, 0.4) is 0 Å². The van der Waals surface area contributed by atoms with Crippen LogP contribution >= 0.6 is 0 Å². The van der Waals surface area contributed by atoms with Crippen molar-refractivity contribution in [3.8, 4) is 0 Å². The number of aromatic amines is 1. The molecule has 1 aromatic heterocycles. The van der Waals surface area contributed by atoms with Gasteiger partial charge in [0.05, 0.1) is 11.9 Å². The lowest BCUT2D eigenvalue weighted by molar-refractivity contribution is 0.341. The molecular formula is C15H20N4. The van der Waals surface area contributed by atoms with Crippen LogP contribution in [0.15, 0.2) is 42.7 Å². The van der Waals surface area contributed by atoms with Gasteiger partial charge < -0.3 is 10.2 Å². The van der Waals surface area contributed by atoms with E-state index >= 15 is 0 Å². The lowest BCUT2D eigenvalue weighted by atomic mass is 10.1. The van der Waals surface area contributed by atoms with E-state index in [1.807, 2.05) is 12.4 Å². The first-order chi connectivity index (χ1) is 9.40. The van der Waals surface area contributed by atoms with E-state index < -0.39 is 0 Å². The summed E-state index contributed by atoms with van der Waals surface area (Å²) in [6.45, 7) is 3.45. The average Bonchev–Trinajstić information content (AvgIpc) is 3.10. The fourth-order valence-corrected chi connectivity index (χ4v) is 2.65. The molecule has 1 aliphatic heterocycles. The average molecular weight is 256 g/mol. The summed E-state index contributed by atoms with van der Waals surface area (Å²) in [5, 5.41) is 10.3. The van der Waals surface area contributed by atoms with Crippen molar-refractivity contribution >= 4 is 5.69 Å². The number of nitrogens with one attached hydrogen (secondary N) is 2. The van der Waals surface area contributed by atoms with Crippen LogP contribution in [0.2, 0.25) is 0 Å². The van der Waals surface area contributed by atoms with Crippen molar-refractivity contribution < 1.29 is 0 Å². The van der Waals surface area contributed by atoms with Gasteiger partial charge in [-0.1, -0.05) is 30.3 Å². The van der Waals surface area contributed by atoms with Crippen molar-refractivity contribution in [1.82, 2.24) is 15.1 Å². The summed E-state index contributed by atoms with van der Waals surface area (Å²) in [6, 6.07) is 11.3. The fraction of sp³-hybridized carbons (Fsp3) is 0.400. The zero-order valence-electron chi connectivity index (χ0n) is 11.0. The molecule has 2 aromatic rings. The molecule has 0 radical (unpaired) electrons. The summed E-state index contributed by atoms with van der Waals surface area (Å²) in [5.74, 6) is 0. The predicted molar refractivity (Wildman–Crippen MR) is 77.2 cm³/mol. The van der Waals surface area contributed by atoms with E-state index in [1.54, 1.807) is 0 Å². The van der Waals surface area contributed by atoms with Gasteiger partial charge in [-0.3, -0.25) is 5.10 Å². The van der Waals surface area contributed by atoms with Gasteiger partial charge in [0.1, 0.15) is 0 Å². The number of hydrogen-bond donors (Lipinski definition) is 2. The predicted octanol–water partition coefficient (Wildman–Crippen LogP) is 2.14. The molecule has 2 N–H and O–H groups in total. The SMILES string of the molecule is c1ccc(CCN2CCC(Nc3cn[nH]c3)C2)cc1. The van der Waals surface area contributed by atoms with Gasteiger partial charge in [-0.25, -0.2) is 0 Å². The molecule has 19 heavy (non-hydrogen) atoms. The third-order valence-electron chi connectivity index (χ3n) is 3.70. The lowest BCUT2D eigenvalue weighted by Crippen LogP contribution is -2.27. The van der Waals surface area contributed by atoms with Crippen molar-refractivity contribution in [2.75, 3.05) is 25.0 Å². The van der Waals surface area contributed by atoms with E-state index in [-0.39, 0.29) is 0 Å². The Kier molecular flexibility index (Phi) is 3.79. The standard InChI is InChI=1S/C15H20N4/c1-2-4-13(5-3-1)6-8-19-9-7-14(12-19)18-15-10-16-17-11-15/h1-5,10-11,14,18H,6-9,12H2,(H,16,17). The maximum Gasteiger partial charge on any atom is 0.0726 e. The van der Waals surface area contributed by atoms with Gasteiger partial charge >= 0.3 is 0 Å². The second-order valence-corrected chi connectivity index (χ2v) is 5.15. The fourth-order valence-electron chi connectivity index (χ4n) is 2.65. The van der Waals surface area contributed by atoms with Gasteiger partial charge in [0.2, 0.25) is 0 Å². The highest BCUT2D eigenvalue weighted by atomic mass is 15.2. The molecule has 3 rings (SSSR count). The van der Waals surface area contributed by atoms with E-state index in [2.05, 4.69) is 50.7 Å². The summed E-state index contributed by atoms with van der Waals surface area (Å²) in [5.41, 5.74) is 2.52. The molecule has 0 aliphatic carbocycles. The third-order valence-corrected chi connectivity index (χ3v) is 3.70. The molecule has 1 aromatic carbocycles. The molecule has 0 amide bonds. The molecule has 0 spiro atoms. The minimum absolute atomic E-state index is 0.549. The third kappa shape index (κ3) is 3.35. The molecule has 2 heterocycles. The molecular weight excluding hydrogens is 236 g/mol. The van der Waals surface area contributed by atoms with Gasteiger partial charge in [0, 0.05) is 31.9 Å². The second kappa shape index (κ2) is 5.89. The van der Waals surface area contributed by atoms with Gasteiger partial charge in [-0.2, -0.15) is 5.10 Å². The summed E-state index contributed by atoms with van der Waals surface area (Å²) in [6.07, 6.45) is 6.10. The Morgan fingerprint density at radius 1 is 1.32 bits per heavy atom. The largest absolute Gasteiger partial charge is 0.378 e. The Balaban J connectivity index is 1.44. The van der Waals surface area contributed by atoms with Crippen LogP contribution in [0.1, 0.15) is 12.0 Å². The molecule has 1 saturated heterocycles. The molecule has 1 atom stereocenters. The first-order valence-corrected chi connectivity index (χ1v) is 6.92. The summed E-state index contributed by atoms with van der Waals surface area (Å²) in [7, 11) is 0. The van der Waals surface area contributed by atoms with E-state index in [0.717, 1.165) is 25.2 Å².